The van der Waals surface area contributed by atoms with E-state index in [4.69, 9.17) is 32.7 Å². The number of unbranched alkanes of at least 4 members (excludes halogenated alkanes) is 3. The van der Waals surface area contributed by atoms with Crippen LogP contribution in [0.15, 0.2) is 25.7 Å². The summed E-state index contributed by atoms with van der Waals surface area (Å²) < 4.78 is 11.4. The third-order valence-electron chi connectivity index (χ3n) is 5.40. The third-order valence-corrected chi connectivity index (χ3v) is 20.3. The van der Waals surface area contributed by atoms with Gasteiger partial charge < -0.3 is 16.7 Å². The number of guanidine groups is 2. The molecule has 1 rings (SSSR count). The smallest absolute Gasteiger partial charge is 0.185 e. The van der Waals surface area contributed by atoms with Crippen molar-refractivity contribution < 1.29 is 9.73 Å². The molecule has 0 spiro atoms. The Labute approximate surface area is 203 Å². The van der Waals surface area contributed by atoms with Crippen molar-refractivity contribution in [2.45, 2.75) is 85.4 Å². The number of hydrogen-bond acceptors (Lipinski definition) is 6. The molecule has 0 unspecified atom stereocenters. The molecular formula is C22H46N8O2Sn. The van der Waals surface area contributed by atoms with Crippen molar-refractivity contribution in [1.82, 2.24) is 5.16 Å². The van der Waals surface area contributed by atoms with E-state index in [9.17, 15) is 0 Å². The van der Waals surface area contributed by atoms with Gasteiger partial charge in [0.1, 0.15) is 0 Å². The Kier molecular flexibility index (Phi) is 18.3. The SMILES string of the molecule is CCC[CH2][Sn]([CH2]CCC)([CH2]CCC)[c]1cc(CCN=C(N)N)no1.NC(N)=NCC/C=N/O. The van der Waals surface area contributed by atoms with Crippen molar-refractivity contribution in [3.05, 3.63) is 11.8 Å². The van der Waals surface area contributed by atoms with Crippen molar-refractivity contribution in [2.24, 2.45) is 38.1 Å². The summed E-state index contributed by atoms with van der Waals surface area (Å²) in [6.07, 6.45) is 10.4. The molecular weight excluding hydrogens is 527 g/mol. The number of rotatable bonds is 16. The fourth-order valence-corrected chi connectivity index (χ4v) is 18.7. The standard InChI is InChI=1S/C6H9N4O.C4H10N4O.3C4H9.Sn/c7-6(8)9-3-1-5-2-4-11-10-5;5-4(6)7-2-1-3-8-9;3*1-3-4-2;/h2H,1,3H2,(H4,7,8,9);3,9H,1-2H2,(H4,5,6,7);3*1,3-4H2,2H3;/b;8-3+;;;;. The number of oxime groups is 1. The predicted octanol–water partition coefficient (Wildman–Crippen LogP) is 2.66. The average molecular weight is 573 g/mol. The number of aliphatic imine (C=N–C) groups is 2. The molecule has 1 aromatic heterocycles. The zero-order valence-electron chi connectivity index (χ0n) is 20.8. The van der Waals surface area contributed by atoms with E-state index in [1.54, 1.807) is 0 Å². The Hall–Kier alpha value is -1.98. The first-order valence-corrected chi connectivity index (χ1v) is 19.6. The first kappa shape index (κ1) is 31.0. The topological polar surface area (TPSA) is 187 Å². The van der Waals surface area contributed by atoms with E-state index in [0.29, 0.717) is 19.5 Å². The van der Waals surface area contributed by atoms with E-state index in [1.165, 1.54) is 61.8 Å². The maximum absolute atomic E-state index is 7.89. The second-order valence-corrected chi connectivity index (χ2v) is 21.2. The fraction of sp³-hybridized carbons (Fsp3) is 0.727. The van der Waals surface area contributed by atoms with Gasteiger partial charge in [-0.2, -0.15) is 0 Å². The van der Waals surface area contributed by atoms with E-state index in [2.05, 4.69) is 47.1 Å². The van der Waals surface area contributed by atoms with Crippen molar-refractivity contribution in [2.75, 3.05) is 13.1 Å². The molecule has 0 aliphatic heterocycles. The van der Waals surface area contributed by atoms with Gasteiger partial charge in [0.15, 0.2) is 5.96 Å². The molecule has 9 N–H and O–H groups in total. The van der Waals surface area contributed by atoms with Gasteiger partial charge in [0.05, 0.1) is 0 Å². The fourth-order valence-electron chi connectivity index (χ4n) is 3.58. The van der Waals surface area contributed by atoms with Gasteiger partial charge in [0.25, 0.3) is 0 Å². The first-order valence-electron chi connectivity index (χ1n) is 12.1. The van der Waals surface area contributed by atoms with E-state index in [1.807, 2.05) is 0 Å². The minimum Gasteiger partial charge on any atom is -0.411 e. The van der Waals surface area contributed by atoms with Crippen LogP contribution in [0, 0.1) is 0 Å². The van der Waals surface area contributed by atoms with Gasteiger partial charge in [0.2, 0.25) is 0 Å². The van der Waals surface area contributed by atoms with Gasteiger partial charge in [-0.1, -0.05) is 0 Å². The van der Waals surface area contributed by atoms with E-state index >= 15 is 0 Å². The molecule has 0 atom stereocenters. The van der Waals surface area contributed by atoms with Crippen molar-refractivity contribution >= 4 is 40.3 Å². The quantitative estimate of drug-likeness (QED) is 0.0502. The van der Waals surface area contributed by atoms with Crippen LogP contribution < -0.4 is 26.7 Å². The maximum atomic E-state index is 7.89. The van der Waals surface area contributed by atoms with Crippen LogP contribution in [-0.4, -0.2) is 60.0 Å². The number of nitrogens with two attached hydrogens (primary N) is 4. The van der Waals surface area contributed by atoms with Gasteiger partial charge in [-0.3, -0.25) is 4.99 Å². The van der Waals surface area contributed by atoms with Crippen LogP contribution in [0.4, 0.5) is 0 Å². The summed E-state index contributed by atoms with van der Waals surface area (Å²) in [6.45, 7) is 7.91. The molecule has 0 radical (unpaired) electrons. The molecule has 0 saturated heterocycles. The molecule has 0 aliphatic carbocycles. The maximum Gasteiger partial charge on any atom is 0.185 e. The molecule has 0 amide bonds. The summed E-state index contributed by atoms with van der Waals surface area (Å²) in [5, 5.41) is 15.0. The second kappa shape index (κ2) is 19.5. The van der Waals surface area contributed by atoms with Crippen molar-refractivity contribution in [3.63, 3.8) is 0 Å². The first-order chi connectivity index (χ1) is 15.8. The van der Waals surface area contributed by atoms with Crippen molar-refractivity contribution in [1.29, 1.82) is 0 Å². The number of hydrogen-bond donors (Lipinski definition) is 5. The van der Waals surface area contributed by atoms with Gasteiger partial charge in [-0.15, -0.1) is 5.16 Å². The van der Waals surface area contributed by atoms with Gasteiger partial charge in [0, 0.05) is 19.2 Å². The summed E-state index contributed by atoms with van der Waals surface area (Å²) in [5.74, 6) is 0.197. The normalized spacial score (nSPS) is 11.1. The monoisotopic (exact) mass is 574 g/mol. The van der Waals surface area contributed by atoms with Gasteiger partial charge >= 0.3 is 152 Å². The molecule has 0 bridgehead atoms. The minimum absolute atomic E-state index is 0.0568. The summed E-state index contributed by atoms with van der Waals surface area (Å²) in [4.78, 5) is 7.68. The largest absolute Gasteiger partial charge is 0.411 e. The number of aromatic nitrogens is 1. The molecule has 1 heterocycles. The van der Waals surface area contributed by atoms with Crippen LogP contribution in [-0.2, 0) is 6.42 Å². The molecule has 0 saturated carbocycles. The van der Waals surface area contributed by atoms with Gasteiger partial charge in [-0.25, -0.2) is 0 Å². The van der Waals surface area contributed by atoms with Crippen molar-refractivity contribution in [3.8, 4) is 0 Å². The Morgan fingerprint density at radius 1 is 0.939 bits per heavy atom. The summed E-state index contributed by atoms with van der Waals surface area (Å²) in [7, 11) is 0. The van der Waals surface area contributed by atoms with E-state index < -0.39 is 18.4 Å². The molecule has 33 heavy (non-hydrogen) atoms. The van der Waals surface area contributed by atoms with Crippen LogP contribution in [0.5, 0.6) is 0 Å². The zero-order chi connectivity index (χ0) is 25.0. The summed E-state index contributed by atoms with van der Waals surface area (Å²) in [6, 6.07) is 2.24. The summed E-state index contributed by atoms with van der Waals surface area (Å²) in [5.41, 5.74) is 21.8. The molecule has 1 aromatic rings. The molecule has 190 valence electrons. The Bertz CT molecular complexity index is 677. The molecule has 11 heteroatoms. The molecule has 0 aliphatic rings. The van der Waals surface area contributed by atoms with Gasteiger partial charge in [-0.05, 0) is 0 Å². The molecule has 0 aromatic carbocycles. The summed E-state index contributed by atoms with van der Waals surface area (Å²) >= 11 is -2.48. The Morgan fingerprint density at radius 2 is 1.45 bits per heavy atom. The van der Waals surface area contributed by atoms with Crippen LogP contribution in [0.3, 0.4) is 0 Å². The minimum atomic E-state index is -2.48. The average Bonchev–Trinajstić information content (AvgIpc) is 3.26. The number of nitrogens with zero attached hydrogens (tertiary/aromatic N) is 4. The second-order valence-electron chi connectivity index (χ2n) is 8.22. The Balaban J connectivity index is 0.000000960. The zero-order valence-corrected chi connectivity index (χ0v) is 23.7. The van der Waals surface area contributed by atoms with Crippen LogP contribution >= 0.6 is 0 Å². The van der Waals surface area contributed by atoms with E-state index in [-0.39, 0.29) is 11.9 Å². The third kappa shape index (κ3) is 14.7. The van der Waals surface area contributed by atoms with Crippen LogP contribution in [0.2, 0.25) is 13.3 Å². The predicted molar refractivity (Wildman–Crippen MR) is 141 cm³/mol. The Morgan fingerprint density at radius 3 is 1.91 bits per heavy atom. The molecule has 0 fully saturated rings. The van der Waals surface area contributed by atoms with E-state index in [0.717, 1.165) is 12.1 Å². The van der Waals surface area contributed by atoms with Crippen LogP contribution in [0.25, 0.3) is 0 Å². The van der Waals surface area contributed by atoms with Crippen LogP contribution in [0.1, 0.15) is 71.4 Å². The molecule has 10 nitrogen and oxygen atoms in total.